The van der Waals surface area contributed by atoms with Gasteiger partial charge in [0.25, 0.3) is 0 Å². The van der Waals surface area contributed by atoms with Crippen molar-refractivity contribution in [2.75, 3.05) is 0 Å². The van der Waals surface area contributed by atoms with Gasteiger partial charge in [0.15, 0.2) is 0 Å². The maximum atomic E-state index is 6.18. The van der Waals surface area contributed by atoms with Gasteiger partial charge in [-0.05, 0) is 32.0 Å². The van der Waals surface area contributed by atoms with Crippen molar-refractivity contribution in [3.05, 3.63) is 45.2 Å². The van der Waals surface area contributed by atoms with E-state index in [9.17, 15) is 0 Å². The highest BCUT2D eigenvalue weighted by Gasteiger charge is 2.14. The SMILES string of the molecule is Cc1nn(C)c(Cl)c1COc1ccc(Cl)cc1C(C)N. The van der Waals surface area contributed by atoms with Gasteiger partial charge in [-0.15, -0.1) is 0 Å². The Bertz CT molecular complexity index is 623. The van der Waals surface area contributed by atoms with Crippen molar-refractivity contribution < 1.29 is 4.74 Å². The van der Waals surface area contributed by atoms with Gasteiger partial charge >= 0.3 is 0 Å². The molecule has 0 radical (unpaired) electrons. The molecule has 0 fully saturated rings. The van der Waals surface area contributed by atoms with Crippen molar-refractivity contribution >= 4 is 23.2 Å². The molecule has 0 amide bonds. The van der Waals surface area contributed by atoms with E-state index in [4.69, 9.17) is 33.7 Å². The second-order valence-corrected chi connectivity index (χ2v) is 5.53. The monoisotopic (exact) mass is 313 g/mol. The molecule has 108 valence electrons. The zero-order valence-corrected chi connectivity index (χ0v) is 13.2. The van der Waals surface area contributed by atoms with Gasteiger partial charge in [0.1, 0.15) is 17.5 Å². The van der Waals surface area contributed by atoms with Gasteiger partial charge < -0.3 is 10.5 Å². The Balaban J connectivity index is 2.23. The van der Waals surface area contributed by atoms with Crippen LogP contribution >= 0.6 is 23.2 Å². The van der Waals surface area contributed by atoms with E-state index in [1.165, 1.54) is 0 Å². The van der Waals surface area contributed by atoms with Gasteiger partial charge in [0, 0.05) is 29.2 Å². The summed E-state index contributed by atoms with van der Waals surface area (Å²) in [6, 6.07) is 5.26. The maximum Gasteiger partial charge on any atom is 0.133 e. The zero-order chi connectivity index (χ0) is 14.9. The van der Waals surface area contributed by atoms with E-state index >= 15 is 0 Å². The molecule has 1 heterocycles. The molecular formula is C14H17Cl2N3O. The summed E-state index contributed by atoms with van der Waals surface area (Å²) in [5.74, 6) is 0.712. The standard InChI is InChI=1S/C14H17Cl2N3O/c1-8(17)11-6-10(15)4-5-13(11)20-7-12-9(2)18-19(3)14(12)16/h4-6,8H,7,17H2,1-3H3. The molecule has 0 aliphatic heterocycles. The van der Waals surface area contributed by atoms with Crippen LogP contribution < -0.4 is 10.5 Å². The summed E-state index contributed by atoms with van der Waals surface area (Å²) in [6.45, 7) is 4.14. The van der Waals surface area contributed by atoms with Crippen LogP contribution in [-0.4, -0.2) is 9.78 Å². The van der Waals surface area contributed by atoms with Crippen LogP contribution in [0.3, 0.4) is 0 Å². The average Bonchev–Trinajstić information content (AvgIpc) is 2.62. The number of rotatable bonds is 4. The molecule has 0 aliphatic rings. The van der Waals surface area contributed by atoms with Crippen LogP contribution in [0.1, 0.15) is 29.8 Å². The molecule has 20 heavy (non-hydrogen) atoms. The van der Waals surface area contributed by atoms with Crippen LogP contribution in [0.25, 0.3) is 0 Å². The third-order valence-electron chi connectivity index (χ3n) is 3.10. The van der Waals surface area contributed by atoms with E-state index in [0.717, 1.165) is 16.8 Å². The van der Waals surface area contributed by atoms with Crippen LogP contribution in [0.4, 0.5) is 0 Å². The largest absolute Gasteiger partial charge is 0.488 e. The van der Waals surface area contributed by atoms with Crippen molar-refractivity contribution in [2.45, 2.75) is 26.5 Å². The summed E-state index contributed by atoms with van der Waals surface area (Å²) in [7, 11) is 1.80. The predicted octanol–water partition coefficient (Wildman–Crippen LogP) is 3.63. The molecule has 1 atom stereocenters. The fraction of sp³-hybridized carbons (Fsp3) is 0.357. The van der Waals surface area contributed by atoms with Crippen LogP contribution in [0, 0.1) is 6.92 Å². The number of aryl methyl sites for hydroxylation is 2. The Hall–Kier alpha value is -1.23. The first-order valence-electron chi connectivity index (χ1n) is 6.26. The highest BCUT2D eigenvalue weighted by Crippen LogP contribution is 2.29. The molecule has 1 unspecified atom stereocenters. The number of ether oxygens (including phenoxy) is 1. The molecule has 2 aromatic rings. The molecule has 0 bridgehead atoms. The number of halogens is 2. The lowest BCUT2D eigenvalue weighted by molar-refractivity contribution is 0.301. The van der Waals surface area contributed by atoms with E-state index in [1.54, 1.807) is 17.8 Å². The molecule has 0 spiro atoms. The summed E-state index contributed by atoms with van der Waals surface area (Å²) in [4.78, 5) is 0. The molecule has 0 aliphatic carbocycles. The highest BCUT2D eigenvalue weighted by atomic mass is 35.5. The first-order chi connectivity index (χ1) is 9.40. The molecule has 2 N–H and O–H groups in total. The van der Waals surface area contributed by atoms with Gasteiger partial charge in [-0.25, -0.2) is 0 Å². The van der Waals surface area contributed by atoms with Gasteiger partial charge in [-0.3, -0.25) is 4.68 Å². The van der Waals surface area contributed by atoms with E-state index in [0.29, 0.717) is 22.5 Å². The summed E-state index contributed by atoms with van der Waals surface area (Å²) in [5, 5.41) is 5.47. The lowest BCUT2D eigenvalue weighted by Gasteiger charge is -2.14. The minimum Gasteiger partial charge on any atom is -0.488 e. The van der Waals surface area contributed by atoms with Crippen LogP contribution in [-0.2, 0) is 13.7 Å². The summed E-state index contributed by atoms with van der Waals surface area (Å²) >= 11 is 12.2. The predicted molar refractivity (Wildman–Crippen MR) is 81.3 cm³/mol. The third-order valence-corrected chi connectivity index (χ3v) is 3.81. The van der Waals surface area contributed by atoms with Crippen LogP contribution in [0.15, 0.2) is 18.2 Å². The third kappa shape index (κ3) is 3.08. The molecule has 6 heteroatoms. The Morgan fingerprint density at radius 2 is 2.10 bits per heavy atom. The van der Waals surface area contributed by atoms with Gasteiger partial charge in [0.2, 0.25) is 0 Å². The van der Waals surface area contributed by atoms with Crippen LogP contribution in [0.2, 0.25) is 10.2 Å². The van der Waals surface area contributed by atoms with Gasteiger partial charge in [-0.2, -0.15) is 5.10 Å². The van der Waals surface area contributed by atoms with E-state index in [1.807, 2.05) is 26.0 Å². The minimum atomic E-state index is -0.158. The van der Waals surface area contributed by atoms with Crippen molar-refractivity contribution in [1.82, 2.24) is 9.78 Å². The Kier molecular flexibility index (Phi) is 4.58. The van der Waals surface area contributed by atoms with Gasteiger partial charge in [-0.1, -0.05) is 23.2 Å². The second-order valence-electron chi connectivity index (χ2n) is 4.74. The smallest absolute Gasteiger partial charge is 0.133 e. The van der Waals surface area contributed by atoms with Gasteiger partial charge in [0.05, 0.1) is 5.69 Å². The summed E-state index contributed by atoms with van der Waals surface area (Å²) < 4.78 is 7.47. The number of aromatic nitrogens is 2. The Labute approximate surface area is 128 Å². The number of nitrogens with two attached hydrogens (primary N) is 1. The molecule has 1 aromatic heterocycles. The number of benzene rings is 1. The molecule has 0 saturated heterocycles. The fourth-order valence-corrected chi connectivity index (χ4v) is 2.40. The second kappa shape index (κ2) is 6.04. The van der Waals surface area contributed by atoms with Crippen molar-refractivity contribution in [2.24, 2.45) is 12.8 Å². The maximum absolute atomic E-state index is 6.18. The zero-order valence-electron chi connectivity index (χ0n) is 11.7. The van der Waals surface area contributed by atoms with Crippen LogP contribution in [0.5, 0.6) is 5.75 Å². The van der Waals surface area contributed by atoms with E-state index < -0.39 is 0 Å². The lowest BCUT2D eigenvalue weighted by atomic mass is 10.1. The minimum absolute atomic E-state index is 0.158. The lowest BCUT2D eigenvalue weighted by Crippen LogP contribution is -2.08. The van der Waals surface area contributed by atoms with Crippen molar-refractivity contribution in [3.63, 3.8) is 0 Å². The average molecular weight is 314 g/mol. The Morgan fingerprint density at radius 3 is 2.65 bits per heavy atom. The fourth-order valence-electron chi connectivity index (χ4n) is 1.99. The van der Waals surface area contributed by atoms with Crippen molar-refractivity contribution in [3.8, 4) is 5.75 Å². The topological polar surface area (TPSA) is 53.1 Å². The number of nitrogens with zero attached hydrogens (tertiary/aromatic N) is 2. The molecule has 1 aromatic carbocycles. The number of hydrogen-bond acceptors (Lipinski definition) is 3. The molecule has 4 nitrogen and oxygen atoms in total. The first-order valence-corrected chi connectivity index (χ1v) is 7.01. The normalized spacial score (nSPS) is 12.5. The molecule has 0 saturated carbocycles. The number of hydrogen-bond donors (Lipinski definition) is 1. The van der Waals surface area contributed by atoms with E-state index in [2.05, 4.69) is 5.10 Å². The van der Waals surface area contributed by atoms with E-state index in [-0.39, 0.29) is 6.04 Å². The molecule has 2 rings (SSSR count). The summed E-state index contributed by atoms with van der Waals surface area (Å²) in [5.41, 5.74) is 8.54. The summed E-state index contributed by atoms with van der Waals surface area (Å²) in [6.07, 6.45) is 0. The highest BCUT2D eigenvalue weighted by molar-refractivity contribution is 6.30. The Morgan fingerprint density at radius 1 is 1.40 bits per heavy atom. The van der Waals surface area contributed by atoms with Crippen molar-refractivity contribution in [1.29, 1.82) is 0 Å². The quantitative estimate of drug-likeness (QED) is 0.937. The molecular weight excluding hydrogens is 297 g/mol. The first kappa shape index (κ1) is 15.2.